The first-order valence-electron chi connectivity index (χ1n) is 6.15. The molecule has 0 radical (unpaired) electrons. The van der Waals surface area contributed by atoms with Gasteiger partial charge in [0.15, 0.2) is 0 Å². The summed E-state index contributed by atoms with van der Waals surface area (Å²) >= 11 is 0. The molecule has 0 bridgehead atoms. The van der Waals surface area contributed by atoms with Crippen LogP contribution in [0.3, 0.4) is 0 Å². The number of anilines is 1. The van der Waals surface area contributed by atoms with Crippen LogP contribution in [-0.2, 0) is 10.0 Å². The van der Waals surface area contributed by atoms with Crippen molar-refractivity contribution in [3.8, 4) is 0 Å². The van der Waals surface area contributed by atoms with E-state index in [1.54, 1.807) is 0 Å². The number of nitrogens with one attached hydrogen (secondary N) is 1. The number of benzene rings is 1. The molecule has 1 aromatic carbocycles. The van der Waals surface area contributed by atoms with Crippen LogP contribution < -0.4 is 10.5 Å². The fourth-order valence-corrected chi connectivity index (χ4v) is 3.65. The third-order valence-electron chi connectivity index (χ3n) is 3.28. The van der Waals surface area contributed by atoms with Crippen LogP contribution in [0.15, 0.2) is 23.1 Å². The smallest absolute Gasteiger partial charge is 0.243 e. The number of halogens is 1. The number of aliphatic hydroxyl groups is 1. The van der Waals surface area contributed by atoms with Crippen molar-refractivity contribution in [2.75, 3.05) is 5.73 Å². The Balaban J connectivity index is 2.24. The van der Waals surface area contributed by atoms with E-state index in [2.05, 4.69) is 4.72 Å². The van der Waals surface area contributed by atoms with Gasteiger partial charge in [-0.25, -0.2) is 17.5 Å². The lowest BCUT2D eigenvalue weighted by Crippen LogP contribution is -2.45. The summed E-state index contributed by atoms with van der Waals surface area (Å²) in [6.45, 7) is 0. The molecule has 1 aliphatic carbocycles. The van der Waals surface area contributed by atoms with Gasteiger partial charge in [0.1, 0.15) is 10.7 Å². The fraction of sp³-hybridized carbons (Fsp3) is 0.500. The van der Waals surface area contributed by atoms with Crippen LogP contribution in [0, 0.1) is 5.82 Å². The van der Waals surface area contributed by atoms with Gasteiger partial charge in [0.2, 0.25) is 10.0 Å². The van der Waals surface area contributed by atoms with Gasteiger partial charge in [-0.1, -0.05) is 12.8 Å². The molecule has 106 valence electrons. The molecule has 2 rings (SSSR count). The maximum Gasteiger partial charge on any atom is 0.243 e. The first kappa shape index (κ1) is 14.2. The standard InChI is InChI=1S/C12H17FN2O3S/c13-9-6-5-8(14)7-12(9)19(17,18)15-10-3-1-2-4-11(10)16/h5-7,10-11,15-16H,1-4,14H2/t10-,11-/m0/s1. The zero-order valence-corrected chi connectivity index (χ0v) is 11.2. The molecule has 2 atom stereocenters. The summed E-state index contributed by atoms with van der Waals surface area (Å²) in [5.41, 5.74) is 5.65. The van der Waals surface area contributed by atoms with E-state index in [-0.39, 0.29) is 5.69 Å². The van der Waals surface area contributed by atoms with Gasteiger partial charge in [-0.05, 0) is 31.0 Å². The maximum atomic E-state index is 13.6. The molecule has 1 aromatic rings. The predicted molar refractivity (Wildman–Crippen MR) is 69.4 cm³/mol. The zero-order chi connectivity index (χ0) is 14.0. The molecule has 1 aliphatic rings. The molecule has 19 heavy (non-hydrogen) atoms. The Kier molecular flexibility index (Phi) is 4.07. The molecule has 4 N–H and O–H groups in total. The Morgan fingerprint density at radius 3 is 2.68 bits per heavy atom. The van der Waals surface area contributed by atoms with Crippen LogP contribution in [0.2, 0.25) is 0 Å². The first-order chi connectivity index (χ1) is 8.90. The van der Waals surface area contributed by atoms with Crippen LogP contribution in [0.5, 0.6) is 0 Å². The van der Waals surface area contributed by atoms with E-state index in [0.717, 1.165) is 25.0 Å². The van der Waals surface area contributed by atoms with Gasteiger partial charge in [0, 0.05) is 11.7 Å². The number of nitrogens with two attached hydrogens (primary N) is 1. The summed E-state index contributed by atoms with van der Waals surface area (Å²) in [6, 6.07) is 2.82. The predicted octanol–water partition coefficient (Wildman–Crippen LogP) is 0.990. The molecule has 0 aromatic heterocycles. The van der Waals surface area contributed by atoms with E-state index in [4.69, 9.17) is 5.73 Å². The summed E-state index contributed by atoms with van der Waals surface area (Å²) in [6.07, 6.45) is 2.07. The Morgan fingerprint density at radius 1 is 1.32 bits per heavy atom. The number of hydrogen-bond acceptors (Lipinski definition) is 4. The quantitative estimate of drug-likeness (QED) is 0.723. The molecule has 7 heteroatoms. The molecule has 1 saturated carbocycles. The Bertz CT molecular complexity index is 562. The van der Waals surface area contributed by atoms with E-state index in [1.807, 2.05) is 0 Å². The molecule has 0 saturated heterocycles. The zero-order valence-electron chi connectivity index (χ0n) is 10.3. The highest BCUT2D eigenvalue weighted by Crippen LogP contribution is 2.22. The summed E-state index contributed by atoms with van der Waals surface area (Å²) in [7, 11) is -4.01. The lowest BCUT2D eigenvalue weighted by Gasteiger charge is -2.28. The van der Waals surface area contributed by atoms with E-state index in [9.17, 15) is 17.9 Å². The third kappa shape index (κ3) is 3.23. The average Bonchev–Trinajstić information content (AvgIpc) is 2.35. The number of hydrogen-bond donors (Lipinski definition) is 3. The lowest BCUT2D eigenvalue weighted by molar-refractivity contribution is 0.101. The Morgan fingerprint density at radius 2 is 2.00 bits per heavy atom. The number of aliphatic hydroxyl groups excluding tert-OH is 1. The van der Waals surface area contributed by atoms with Gasteiger partial charge in [0.25, 0.3) is 0 Å². The summed E-state index contributed by atoms with van der Waals surface area (Å²) in [5.74, 6) is -0.855. The normalized spacial score (nSPS) is 24.3. The van der Waals surface area contributed by atoms with Crippen molar-refractivity contribution in [2.24, 2.45) is 0 Å². The van der Waals surface area contributed by atoms with Gasteiger partial charge in [-0.3, -0.25) is 0 Å². The van der Waals surface area contributed by atoms with E-state index in [1.165, 1.54) is 6.07 Å². The highest BCUT2D eigenvalue weighted by atomic mass is 32.2. The number of rotatable bonds is 3. The second-order valence-electron chi connectivity index (χ2n) is 4.77. The van der Waals surface area contributed by atoms with Crippen molar-refractivity contribution >= 4 is 15.7 Å². The first-order valence-corrected chi connectivity index (χ1v) is 7.64. The molecule has 0 aliphatic heterocycles. The maximum absolute atomic E-state index is 13.6. The van der Waals surface area contributed by atoms with Crippen LogP contribution in [0.4, 0.5) is 10.1 Å². The minimum Gasteiger partial charge on any atom is -0.399 e. The fourth-order valence-electron chi connectivity index (χ4n) is 2.24. The van der Waals surface area contributed by atoms with Gasteiger partial charge in [-0.2, -0.15) is 0 Å². The monoisotopic (exact) mass is 288 g/mol. The van der Waals surface area contributed by atoms with Crippen molar-refractivity contribution in [1.82, 2.24) is 4.72 Å². The van der Waals surface area contributed by atoms with Gasteiger partial charge < -0.3 is 10.8 Å². The van der Waals surface area contributed by atoms with E-state index in [0.29, 0.717) is 12.8 Å². The minimum atomic E-state index is -4.01. The topological polar surface area (TPSA) is 92.4 Å². The lowest BCUT2D eigenvalue weighted by atomic mass is 9.93. The van der Waals surface area contributed by atoms with Crippen LogP contribution in [0.25, 0.3) is 0 Å². The van der Waals surface area contributed by atoms with Gasteiger partial charge in [-0.15, -0.1) is 0 Å². The van der Waals surface area contributed by atoms with Crippen molar-refractivity contribution in [1.29, 1.82) is 0 Å². The molecular formula is C12H17FN2O3S. The number of sulfonamides is 1. The van der Waals surface area contributed by atoms with Crippen molar-refractivity contribution in [2.45, 2.75) is 42.7 Å². The van der Waals surface area contributed by atoms with Crippen LogP contribution in [0.1, 0.15) is 25.7 Å². The summed E-state index contributed by atoms with van der Waals surface area (Å²) < 4.78 is 40.1. The Labute approximate surface area is 111 Å². The second-order valence-corrected chi connectivity index (χ2v) is 6.45. The molecule has 5 nitrogen and oxygen atoms in total. The van der Waals surface area contributed by atoms with Gasteiger partial charge in [0.05, 0.1) is 6.10 Å². The molecule has 0 amide bonds. The van der Waals surface area contributed by atoms with Crippen LogP contribution >= 0.6 is 0 Å². The summed E-state index contributed by atoms with van der Waals surface area (Å²) in [4.78, 5) is -0.481. The second kappa shape index (κ2) is 5.44. The molecule has 0 spiro atoms. The van der Waals surface area contributed by atoms with Gasteiger partial charge >= 0.3 is 0 Å². The van der Waals surface area contributed by atoms with Crippen molar-refractivity contribution in [3.63, 3.8) is 0 Å². The van der Waals surface area contributed by atoms with Crippen LogP contribution in [-0.4, -0.2) is 25.7 Å². The largest absolute Gasteiger partial charge is 0.399 e. The van der Waals surface area contributed by atoms with Crippen molar-refractivity contribution < 1.29 is 17.9 Å². The third-order valence-corrected chi connectivity index (χ3v) is 4.79. The minimum absolute atomic E-state index is 0.172. The number of nitrogen functional groups attached to an aromatic ring is 1. The van der Waals surface area contributed by atoms with E-state index >= 15 is 0 Å². The van der Waals surface area contributed by atoms with Crippen molar-refractivity contribution in [3.05, 3.63) is 24.0 Å². The van der Waals surface area contributed by atoms with E-state index < -0.39 is 32.9 Å². The Hall–Kier alpha value is -1.18. The average molecular weight is 288 g/mol. The SMILES string of the molecule is Nc1ccc(F)c(S(=O)(=O)N[C@H]2CCCC[C@@H]2O)c1. The molecule has 0 heterocycles. The molecular weight excluding hydrogens is 271 g/mol. The molecule has 0 unspecified atom stereocenters. The molecule has 1 fully saturated rings. The highest BCUT2D eigenvalue weighted by molar-refractivity contribution is 7.89. The summed E-state index contributed by atoms with van der Waals surface area (Å²) in [5, 5.41) is 9.76. The highest BCUT2D eigenvalue weighted by Gasteiger charge is 2.29.